The van der Waals surface area contributed by atoms with E-state index in [4.69, 9.17) is 4.74 Å². The average Bonchev–Trinajstić information content (AvgIpc) is 2.92. The Morgan fingerprint density at radius 2 is 1.86 bits per heavy atom. The van der Waals surface area contributed by atoms with Gasteiger partial charge in [0.25, 0.3) is 0 Å². The zero-order valence-electron chi connectivity index (χ0n) is 16.8. The van der Waals surface area contributed by atoms with Crippen LogP contribution in [-0.4, -0.2) is 37.4 Å². The zero-order valence-corrected chi connectivity index (χ0v) is 17.6. The molecule has 28 heavy (non-hydrogen) atoms. The van der Waals surface area contributed by atoms with Gasteiger partial charge in [-0.2, -0.15) is 0 Å². The molecule has 0 saturated carbocycles. The summed E-state index contributed by atoms with van der Waals surface area (Å²) in [5, 5.41) is 0. The highest BCUT2D eigenvalue weighted by molar-refractivity contribution is 7.89. The largest absolute Gasteiger partial charge is 0.454 e. The van der Waals surface area contributed by atoms with Crippen molar-refractivity contribution in [2.75, 3.05) is 6.61 Å². The second-order valence-electron chi connectivity index (χ2n) is 6.83. The fraction of sp³-hybridized carbons (Fsp3) is 0.400. The minimum Gasteiger partial charge on any atom is -0.454 e. The van der Waals surface area contributed by atoms with Gasteiger partial charge in [0, 0.05) is 29.5 Å². The van der Waals surface area contributed by atoms with E-state index in [1.165, 1.54) is 24.3 Å². The molecule has 0 aliphatic rings. The molecule has 0 radical (unpaired) electrons. The summed E-state index contributed by atoms with van der Waals surface area (Å²) >= 11 is 0. The Morgan fingerprint density at radius 3 is 2.43 bits per heavy atom. The van der Waals surface area contributed by atoms with Crippen LogP contribution in [0.4, 0.5) is 0 Å². The van der Waals surface area contributed by atoms with Crippen LogP contribution in [0, 0.1) is 13.8 Å². The number of ketones is 1. The van der Waals surface area contributed by atoms with Crippen molar-refractivity contribution >= 4 is 21.8 Å². The number of nitrogens with zero attached hydrogens (tertiary/aromatic N) is 1. The van der Waals surface area contributed by atoms with E-state index in [9.17, 15) is 18.0 Å². The smallest absolute Gasteiger partial charge is 0.338 e. The number of benzene rings is 1. The Labute approximate surface area is 165 Å². The molecular weight excluding hydrogens is 380 g/mol. The molecule has 0 unspecified atom stereocenters. The van der Waals surface area contributed by atoms with Crippen molar-refractivity contribution in [1.82, 2.24) is 9.29 Å². The maximum atomic E-state index is 12.4. The van der Waals surface area contributed by atoms with Crippen molar-refractivity contribution in [3.8, 4) is 0 Å². The van der Waals surface area contributed by atoms with Crippen molar-refractivity contribution in [2.45, 2.75) is 52.1 Å². The number of hydrogen-bond acceptors (Lipinski definition) is 5. The van der Waals surface area contributed by atoms with Gasteiger partial charge < -0.3 is 9.30 Å². The van der Waals surface area contributed by atoms with Crippen molar-refractivity contribution in [3.05, 3.63) is 52.8 Å². The lowest BCUT2D eigenvalue weighted by molar-refractivity contribution is 0.0474. The molecule has 0 spiro atoms. The normalized spacial score (nSPS) is 11.6. The number of sulfonamides is 1. The first-order valence-corrected chi connectivity index (χ1v) is 10.5. The fourth-order valence-electron chi connectivity index (χ4n) is 3.03. The third kappa shape index (κ3) is 4.88. The Kier molecular flexibility index (Phi) is 6.79. The lowest BCUT2D eigenvalue weighted by Gasteiger charge is -2.10. The summed E-state index contributed by atoms with van der Waals surface area (Å²) in [6.07, 6.45) is 0. The number of ether oxygens (including phenoxy) is 1. The topological polar surface area (TPSA) is 94.5 Å². The summed E-state index contributed by atoms with van der Waals surface area (Å²) in [6, 6.07) is 7.04. The van der Waals surface area contributed by atoms with Gasteiger partial charge in [-0.15, -0.1) is 0 Å². The van der Waals surface area contributed by atoms with Crippen LogP contribution in [0.2, 0.25) is 0 Å². The Morgan fingerprint density at radius 1 is 1.18 bits per heavy atom. The number of carbonyl (C=O) groups excluding carboxylic acids is 2. The van der Waals surface area contributed by atoms with E-state index in [1.807, 2.05) is 25.3 Å². The lowest BCUT2D eigenvalue weighted by atomic mass is 10.1. The number of nitrogens with one attached hydrogen (secondary N) is 1. The van der Waals surface area contributed by atoms with Gasteiger partial charge in [0.05, 0.1) is 10.5 Å². The summed E-state index contributed by atoms with van der Waals surface area (Å²) < 4.78 is 34.1. The van der Waals surface area contributed by atoms with Gasteiger partial charge >= 0.3 is 5.97 Å². The Bertz CT molecular complexity index is 990. The highest BCUT2D eigenvalue weighted by Gasteiger charge is 2.20. The highest BCUT2D eigenvalue weighted by Crippen LogP contribution is 2.17. The van der Waals surface area contributed by atoms with Gasteiger partial charge in [0.2, 0.25) is 15.8 Å². The summed E-state index contributed by atoms with van der Waals surface area (Å²) in [4.78, 5) is 24.7. The second kappa shape index (κ2) is 8.70. The predicted molar refractivity (Wildman–Crippen MR) is 106 cm³/mol. The molecule has 1 aromatic heterocycles. The van der Waals surface area contributed by atoms with Crippen molar-refractivity contribution in [1.29, 1.82) is 0 Å². The number of esters is 1. The molecule has 0 bridgehead atoms. The first kappa shape index (κ1) is 21.8. The molecule has 2 aromatic rings. The number of aromatic nitrogens is 1. The van der Waals surface area contributed by atoms with Crippen LogP contribution < -0.4 is 4.72 Å². The fourth-order valence-corrected chi connectivity index (χ4v) is 4.33. The van der Waals surface area contributed by atoms with Crippen molar-refractivity contribution < 1.29 is 22.7 Å². The number of hydrogen-bond donors (Lipinski definition) is 1. The molecule has 1 N–H and O–H groups in total. The van der Waals surface area contributed by atoms with E-state index in [0.29, 0.717) is 5.56 Å². The first-order chi connectivity index (χ1) is 13.1. The quantitative estimate of drug-likeness (QED) is 0.537. The summed E-state index contributed by atoms with van der Waals surface area (Å²) in [7, 11) is -3.73. The zero-order chi connectivity index (χ0) is 21.1. The average molecular weight is 407 g/mol. The van der Waals surface area contributed by atoms with Gasteiger partial charge in [-0.3, -0.25) is 4.79 Å². The summed E-state index contributed by atoms with van der Waals surface area (Å²) in [6.45, 7) is 9.50. The predicted octanol–water partition coefficient (Wildman–Crippen LogP) is 2.85. The van der Waals surface area contributed by atoms with Crippen LogP contribution in [0.5, 0.6) is 0 Å². The maximum Gasteiger partial charge on any atom is 0.338 e. The maximum absolute atomic E-state index is 12.4. The molecule has 0 atom stereocenters. The molecule has 7 nitrogen and oxygen atoms in total. The SMILES string of the molecule is CCn1c(C)cc(C(=O)COC(=O)c2cccc(S(=O)(=O)NC(C)C)c2)c1C. The minimum atomic E-state index is -3.73. The molecule has 0 saturated heterocycles. The molecule has 0 amide bonds. The number of aryl methyl sites for hydroxylation is 1. The van der Waals surface area contributed by atoms with Gasteiger partial charge in [-0.1, -0.05) is 6.07 Å². The van der Waals surface area contributed by atoms with Crippen LogP contribution in [0.3, 0.4) is 0 Å². The van der Waals surface area contributed by atoms with Gasteiger partial charge in [0.1, 0.15) is 0 Å². The van der Waals surface area contributed by atoms with Crippen LogP contribution in [-0.2, 0) is 21.3 Å². The molecule has 1 heterocycles. The molecule has 152 valence electrons. The van der Waals surface area contributed by atoms with E-state index in [2.05, 4.69) is 4.72 Å². The molecule has 8 heteroatoms. The van der Waals surface area contributed by atoms with Crippen LogP contribution >= 0.6 is 0 Å². The number of carbonyl (C=O) groups is 2. The highest BCUT2D eigenvalue weighted by atomic mass is 32.2. The third-order valence-electron chi connectivity index (χ3n) is 4.30. The van der Waals surface area contributed by atoms with Crippen molar-refractivity contribution in [2.24, 2.45) is 0 Å². The number of rotatable bonds is 8. The Balaban J connectivity index is 2.12. The summed E-state index contributed by atoms with van der Waals surface area (Å²) in [5.74, 6) is -1.05. The molecule has 2 rings (SSSR count). The van der Waals surface area contributed by atoms with E-state index in [1.54, 1.807) is 19.9 Å². The molecule has 0 aliphatic carbocycles. The number of Topliss-reactive ketones (excluding diaryl/α,β-unsaturated/α-hetero) is 1. The first-order valence-electron chi connectivity index (χ1n) is 9.06. The van der Waals surface area contributed by atoms with E-state index in [0.717, 1.165) is 17.9 Å². The monoisotopic (exact) mass is 406 g/mol. The minimum absolute atomic E-state index is 0.0338. The summed E-state index contributed by atoms with van der Waals surface area (Å²) in [5.41, 5.74) is 2.38. The van der Waals surface area contributed by atoms with E-state index in [-0.39, 0.29) is 22.3 Å². The van der Waals surface area contributed by atoms with Crippen LogP contribution in [0.25, 0.3) is 0 Å². The second-order valence-corrected chi connectivity index (χ2v) is 8.55. The molecule has 0 fully saturated rings. The van der Waals surface area contributed by atoms with Crippen LogP contribution in [0.15, 0.2) is 35.2 Å². The van der Waals surface area contributed by atoms with Crippen LogP contribution in [0.1, 0.15) is 52.9 Å². The molecule has 0 aliphatic heterocycles. The van der Waals surface area contributed by atoms with E-state index >= 15 is 0 Å². The Hall–Kier alpha value is -2.45. The standard InChI is InChI=1S/C20H26N2O5S/c1-6-22-14(4)10-18(15(22)5)19(23)12-27-20(24)16-8-7-9-17(11-16)28(25,26)21-13(2)3/h7-11,13,21H,6,12H2,1-5H3. The van der Waals surface area contributed by atoms with Gasteiger partial charge in [0.15, 0.2) is 6.61 Å². The molecular formula is C20H26N2O5S. The van der Waals surface area contributed by atoms with Gasteiger partial charge in [-0.25, -0.2) is 17.9 Å². The third-order valence-corrected chi connectivity index (χ3v) is 5.95. The molecule has 1 aromatic carbocycles. The van der Waals surface area contributed by atoms with Gasteiger partial charge in [-0.05, 0) is 58.9 Å². The van der Waals surface area contributed by atoms with Crippen molar-refractivity contribution in [3.63, 3.8) is 0 Å². The van der Waals surface area contributed by atoms with E-state index < -0.39 is 22.6 Å². The lowest BCUT2D eigenvalue weighted by Crippen LogP contribution is -2.30.